The molecule has 1 aromatic rings. The lowest BCUT2D eigenvalue weighted by molar-refractivity contribution is -0.116. The first-order valence-electron chi connectivity index (χ1n) is 6.23. The van der Waals surface area contributed by atoms with E-state index < -0.39 is 0 Å². The molecule has 0 aliphatic carbocycles. The van der Waals surface area contributed by atoms with Crippen LogP contribution in [0.1, 0.15) is 12.0 Å². The summed E-state index contributed by atoms with van der Waals surface area (Å²) in [6.07, 6.45) is 3.66. The van der Waals surface area contributed by atoms with Crippen LogP contribution in [0.3, 0.4) is 0 Å². The van der Waals surface area contributed by atoms with E-state index in [2.05, 4.69) is 5.32 Å². The van der Waals surface area contributed by atoms with Crippen LogP contribution in [0.25, 0.3) is 6.08 Å². The third kappa shape index (κ3) is 6.39. The highest BCUT2D eigenvalue weighted by molar-refractivity contribution is 6.37. The van der Waals surface area contributed by atoms with Gasteiger partial charge in [0.2, 0.25) is 5.91 Å². The van der Waals surface area contributed by atoms with E-state index in [1.165, 1.54) is 6.08 Å². The molecule has 110 valence electrons. The van der Waals surface area contributed by atoms with E-state index in [1.807, 2.05) is 0 Å². The molecular formula is C14H17Cl2NO3. The van der Waals surface area contributed by atoms with E-state index in [4.69, 9.17) is 33.0 Å². The molecule has 0 aromatic heterocycles. The first-order chi connectivity index (χ1) is 9.65. The summed E-state index contributed by atoms with van der Waals surface area (Å²) in [5.41, 5.74) is 0.622. The van der Waals surface area contributed by atoms with Crippen molar-refractivity contribution < 1.29 is 14.6 Å². The van der Waals surface area contributed by atoms with Gasteiger partial charge in [0.25, 0.3) is 0 Å². The molecule has 0 spiro atoms. The Morgan fingerprint density at radius 3 is 2.65 bits per heavy atom. The van der Waals surface area contributed by atoms with Crippen molar-refractivity contribution in [3.8, 4) is 0 Å². The van der Waals surface area contributed by atoms with E-state index in [9.17, 15) is 4.79 Å². The third-order valence-corrected chi connectivity index (χ3v) is 3.06. The fraction of sp³-hybridized carbons (Fsp3) is 0.357. The fourth-order valence-corrected chi connectivity index (χ4v) is 1.96. The fourth-order valence-electron chi connectivity index (χ4n) is 1.44. The molecule has 6 heteroatoms. The molecule has 1 rings (SSSR count). The monoisotopic (exact) mass is 317 g/mol. The smallest absolute Gasteiger partial charge is 0.244 e. The second-order valence-corrected chi connectivity index (χ2v) is 4.76. The van der Waals surface area contributed by atoms with Crippen molar-refractivity contribution in [1.29, 1.82) is 0 Å². The van der Waals surface area contributed by atoms with E-state index in [1.54, 1.807) is 24.3 Å². The van der Waals surface area contributed by atoms with E-state index in [0.717, 1.165) is 0 Å². The van der Waals surface area contributed by atoms with Gasteiger partial charge in [-0.3, -0.25) is 4.79 Å². The summed E-state index contributed by atoms with van der Waals surface area (Å²) in [6.45, 7) is 1.33. The van der Waals surface area contributed by atoms with Crippen molar-refractivity contribution >= 4 is 35.2 Å². The summed E-state index contributed by atoms with van der Waals surface area (Å²) in [5.74, 6) is -0.219. The molecule has 0 aliphatic rings. The van der Waals surface area contributed by atoms with E-state index in [-0.39, 0.29) is 12.5 Å². The van der Waals surface area contributed by atoms with E-state index in [0.29, 0.717) is 41.8 Å². The minimum atomic E-state index is -0.219. The lowest BCUT2D eigenvalue weighted by Crippen LogP contribution is -2.23. The van der Waals surface area contributed by atoms with Crippen LogP contribution < -0.4 is 5.32 Å². The van der Waals surface area contributed by atoms with Gasteiger partial charge in [-0.15, -0.1) is 0 Å². The van der Waals surface area contributed by atoms with Crippen LogP contribution in [-0.2, 0) is 9.53 Å². The number of amides is 1. The van der Waals surface area contributed by atoms with Crippen LogP contribution in [0.5, 0.6) is 0 Å². The number of carbonyl (C=O) groups excluding carboxylic acids is 1. The molecule has 1 amide bonds. The van der Waals surface area contributed by atoms with Gasteiger partial charge in [-0.2, -0.15) is 0 Å². The minimum absolute atomic E-state index is 0.00763. The highest BCUT2D eigenvalue weighted by Crippen LogP contribution is 2.25. The molecule has 0 radical (unpaired) electrons. The van der Waals surface area contributed by atoms with Gasteiger partial charge in [-0.1, -0.05) is 29.3 Å². The average Bonchev–Trinajstić information content (AvgIpc) is 2.42. The zero-order valence-electron chi connectivity index (χ0n) is 10.9. The van der Waals surface area contributed by atoms with Crippen molar-refractivity contribution in [1.82, 2.24) is 5.32 Å². The number of hydrogen-bond acceptors (Lipinski definition) is 3. The molecule has 0 saturated heterocycles. The standard InChI is InChI=1S/C14H17Cl2NO3/c15-12-3-1-4-13(16)11(12)5-6-14(19)17-7-2-9-20-10-8-18/h1,3-6,18H,2,7-10H2,(H,17,19)/b6-5+. The number of halogens is 2. The first kappa shape index (κ1) is 17.0. The molecule has 0 heterocycles. The summed E-state index contributed by atoms with van der Waals surface area (Å²) < 4.78 is 5.07. The van der Waals surface area contributed by atoms with E-state index >= 15 is 0 Å². The number of ether oxygens (including phenoxy) is 1. The van der Waals surface area contributed by atoms with Crippen LogP contribution in [-0.4, -0.2) is 37.4 Å². The second-order valence-electron chi connectivity index (χ2n) is 3.95. The average molecular weight is 318 g/mol. The van der Waals surface area contributed by atoms with Crippen molar-refractivity contribution in [2.24, 2.45) is 0 Å². The lowest BCUT2D eigenvalue weighted by Gasteiger charge is -2.04. The summed E-state index contributed by atoms with van der Waals surface area (Å²) >= 11 is 12.0. The van der Waals surface area contributed by atoms with Crippen LogP contribution in [0.4, 0.5) is 0 Å². The normalized spacial score (nSPS) is 10.9. The van der Waals surface area contributed by atoms with Crippen molar-refractivity contribution in [2.45, 2.75) is 6.42 Å². The Labute approximate surface area is 128 Å². The Balaban J connectivity index is 2.33. The van der Waals surface area contributed by atoms with Gasteiger partial charge in [0.15, 0.2) is 0 Å². The van der Waals surface area contributed by atoms with Gasteiger partial charge in [0.1, 0.15) is 0 Å². The largest absolute Gasteiger partial charge is 0.394 e. The second kappa shape index (κ2) is 9.77. The zero-order valence-corrected chi connectivity index (χ0v) is 12.5. The lowest BCUT2D eigenvalue weighted by atomic mass is 10.2. The number of benzene rings is 1. The number of rotatable bonds is 8. The summed E-state index contributed by atoms with van der Waals surface area (Å²) in [7, 11) is 0. The molecule has 0 bridgehead atoms. The maximum Gasteiger partial charge on any atom is 0.244 e. The highest BCUT2D eigenvalue weighted by Gasteiger charge is 2.02. The predicted octanol–water partition coefficient (Wildman–Crippen LogP) is 2.52. The molecule has 0 saturated carbocycles. The molecule has 20 heavy (non-hydrogen) atoms. The maximum absolute atomic E-state index is 11.6. The molecule has 2 N–H and O–H groups in total. The molecule has 1 aromatic carbocycles. The molecular weight excluding hydrogens is 301 g/mol. The Hall–Kier alpha value is -1.07. The van der Waals surface area contributed by atoms with Gasteiger partial charge in [-0.25, -0.2) is 0 Å². The van der Waals surface area contributed by atoms with Gasteiger partial charge in [0.05, 0.1) is 13.2 Å². The highest BCUT2D eigenvalue weighted by atomic mass is 35.5. The van der Waals surface area contributed by atoms with Crippen molar-refractivity contribution in [2.75, 3.05) is 26.4 Å². The number of aliphatic hydroxyl groups excluding tert-OH is 1. The molecule has 0 atom stereocenters. The maximum atomic E-state index is 11.6. The van der Waals surface area contributed by atoms with Crippen LogP contribution >= 0.6 is 23.2 Å². The number of carbonyl (C=O) groups is 1. The number of hydrogen-bond donors (Lipinski definition) is 2. The zero-order chi connectivity index (χ0) is 14.8. The molecule has 0 fully saturated rings. The predicted molar refractivity (Wildman–Crippen MR) is 81.0 cm³/mol. The Bertz CT molecular complexity index is 443. The van der Waals surface area contributed by atoms with Gasteiger partial charge in [0, 0.05) is 34.8 Å². The Morgan fingerprint density at radius 2 is 2.00 bits per heavy atom. The number of aliphatic hydroxyl groups is 1. The molecule has 4 nitrogen and oxygen atoms in total. The quantitative estimate of drug-likeness (QED) is 0.572. The van der Waals surface area contributed by atoms with Crippen molar-refractivity contribution in [3.05, 3.63) is 39.9 Å². The van der Waals surface area contributed by atoms with Gasteiger partial charge >= 0.3 is 0 Å². The Morgan fingerprint density at radius 1 is 1.30 bits per heavy atom. The Kier molecular flexibility index (Phi) is 8.30. The van der Waals surface area contributed by atoms with Gasteiger partial charge < -0.3 is 15.2 Å². The third-order valence-electron chi connectivity index (χ3n) is 2.40. The van der Waals surface area contributed by atoms with Gasteiger partial charge in [-0.05, 0) is 24.6 Å². The minimum Gasteiger partial charge on any atom is -0.394 e. The van der Waals surface area contributed by atoms with Crippen LogP contribution in [0.2, 0.25) is 10.0 Å². The molecule has 0 unspecified atom stereocenters. The summed E-state index contributed by atoms with van der Waals surface area (Å²) in [6, 6.07) is 5.17. The van der Waals surface area contributed by atoms with Crippen molar-refractivity contribution in [3.63, 3.8) is 0 Å². The first-order valence-corrected chi connectivity index (χ1v) is 6.99. The van der Waals surface area contributed by atoms with Crippen LogP contribution in [0, 0.1) is 0 Å². The summed E-state index contributed by atoms with van der Waals surface area (Å²) in [4.78, 5) is 11.6. The summed E-state index contributed by atoms with van der Waals surface area (Å²) in [5, 5.41) is 12.2. The SMILES string of the molecule is O=C(/C=C/c1c(Cl)cccc1Cl)NCCCOCCO. The van der Waals surface area contributed by atoms with Crippen LogP contribution in [0.15, 0.2) is 24.3 Å². The number of nitrogens with one attached hydrogen (secondary N) is 1. The molecule has 0 aliphatic heterocycles. The topological polar surface area (TPSA) is 58.6 Å².